The Morgan fingerprint density at radius 1 is 1.35 bits per heavy atom. The number of anilines is 1. The van der Waals surface area contributed by atoms with Crippen molar-refractivity contribution in [3.05, 3.63) is 28.2 Å². The molecular weight excluding hydrogens is 312 g/mol. The van der Waals surface area contributed by atoms with Crippen LogP contribution < -0.4 is 10.2 Å². The predicted octanol–water partition coefficient (Wildman–Crippen LogP) is 4.74. The molecule has 1 aliphatic carbocycles. The highest BCUT2D eigenvalue weighted by Crippen LogP contribution is 2.34. The maximum absolute atomic E-state index is 3.60. The number of rotatable bonds is 4. The summed E-state index contributed by atoms with van der Waals surface area (Å²) in [5.41, 5.74) is 2.75. The van der Waals surface area contributed by atoms with E-state index in [-0.39, 0.29) is 0 Å². The van der Waals surface area contributed by atoms with Gasteiger partial charge in [-0.15, -0.1) is 0 Å². The molecule has 2 nitrogen and oxygen atoms in total. The minimum atomic E-state index is 0.367. The second-order valence-electron chi connectivity index (χ2n) is 6.25. The Labute approximate surface area is 132 Å². The largest absolute Gasteiger partial charge is 0.371 e. The summed E-state index contributed by atoms with van der Waals surface area (Å²) < 4.78 is 1.16. The number of nitrogens with zero attached hydrogens (tertiary/aromatic N) is 1. The van der Waals surface area contributed by atoms with E-state index in [0.29, 0.717) is 12.1 Å². The summed E-state index contributed by atoms with van der Waals surface area (Å²) in [6.07, 6.45) is 5.40. The highest BCUT2D eigenvalue weighted by molar-refractivity contribution is 9.10. The second kappa shape index (κ2) is 6.95. The summed E-state index contributed by atoms with van der Waals surface area (Å²) in [7, 11) is 4.29. The van der Waals surface area contributed by atoms with Gasteiger partial charge in [0.2, 0.25) is 0 Å². The van der Waals surface area contributed by atoms with E-state index < -0.39 is 0 Å². The molecule has 112 valence electrons. The maximum Gasteiger partial charge on any atom is 0.0415 e. The van der Waals surface area contributed by atoms with Gasteiger partial charge in [-0.2, -0.15) is 0 Å². The van der Waals surface area contributed by atoms with E-state index in [4.69, 9.17) is 0 Å². The summed E-state index contributed by atoms with van der Waals surface area (Å²) in [5, 5.41) is 3.37. The molecule has 1 saturated carbocycles. The first kappa shape index (κ1) is 15.8. The van der Waals surface area contributed by atoms with Crippen LogP contribution >= 0.6 is 15.9 Å². The molecule has 0 spiro atoms. The fourth-order valence-corrected chi connectivity index (χ4v) is 3.68. The van der Waals surface area contributed by atoms with Crippen LogP contribution in [0.4, 0.5) is 5.69 Å². The Kier molecular flexibility index (Phi) is 5.50. The van der Waals surface area contributed by atoms with Crippen molar-refractivity contribution in [2.24, 2.45) is 5.92 Å². The highest BCUT2D eigenvalue weighted by atomic mass is 79.9. The third-order valence-electron chi connectivity index (χ3n) is 4.73. The molecule has 0 aromatic heterocycles. The van der Waals surface area contributed by atoms with Gasteiger partial charge in [0.25, 0.3) is 0 Å². The predicted molar refractivity (Wildman–Crippen MR) is 91.4 cm³/mol. The van der Waals surface area contributed by atoms with E-state index in [0.717, 1.165) is 10.4 Å². The van der Waals surface area contributed by atoms with Crippen molar-refractivity contribution < 1.29 is 0 Å². The zero-order chi connectivity index (χ0) is 14.7. The van der Waals surface area contributed by atoms with Gasteiger partial charge in [0.1, 0.15) is 0 Å². The van der Waals surface area contributed by atoms with Gasteiger partial charge in [-0.05, 0) is 56.5 Å². The fourth-order valence-electron chi connectivity index (χ4n) is 3.30. The average Bonchev–Trinajstić information content (AvgIpc) is 2.45. The summed E-state index contributed by atoms with van der Waals surface area (Å²) >= 11 is 3.60. The molecule has 1 fully saturated rings. The van der Waals surface area contributed by atoms with Crippen LogP contribution in [0.3, 0.4) is 0 Å². The van der Waals surface area contributed by atoms with Gasteiger partial charge in [-0.25, -0.2) is 0 Å². The molecule has 1 N–H and O–H groups in total. The minimum Gasteiger partial charge on any atom is -0.371 e. The van der Waals surface area contributed by atoms with Gasteiger partial charge >= 0.3 is 0 Å². The Hall–Kier alpha value is -0.540. The van der Waals surface area contributed by atoms with E-state index in [9.17, 15) is 0 Å². The molecular formula is C17H27BrN2. The molecule has 0 radical (unpaired) electrons. The van der Waals surface area contributed by atoms with Crippen molar-refractivity contribution in [3.63, 3.8) is 0 Å². The van der Waals surface area contributed by atoms with Crippen molar-refractivity contribution in [1.82, 2.24) is 5.32 Å². The molecule has 0 saturated heterocycles. The lowest BCUT2D eigenvalue weighted by molar-refractivity contribution is 0.336. The quantitative estimate of drug-likeness (QED) is 0.852. The van der Waals surface area contributed by atoms with Crippen molar-refractivity contribution in [1.29, 1.82) is 0 Å². The Morgan fingerprint density at radius 2 is 2.10 bits per heavy atom. The smallest absolute Gasteiger partial charge is 0.0415 e. The van der Waals surface area contributed by atoms with Gasteiger partial charge in [-0.3, -0.25) is 0 Å². The third-order valence-corrected chi connectivity index (χ3v) is 5.22. The molecule has 1 aromatic carbocycles. The number of halogens is 1. The number of hydrogen-bond acceptors (Lipinski definition) is 2. The average molecular weight is 339 g/mol. The van der Waals surface area contributed by atoms with E-state index in [2.05, 4.69) is 65.2 Å². The van der Waals surface area contributed by atoms with Crippen molar-refractivity contribution in [2.75, 3.05) is 19.0 Å². The Morgan fingerprint density at radius 3 is 2.75 bits per heavy atom. The number of benzene rings is 1. The Balaban J connectivity index is 2.26. The minimum absolute atomic E-state index is 0.367. The van der Waals surface area contributed by atoms with E-state index >= 15 is 0 Å². The van der Waals surface area contributed by atoms with Crippen LogP contribution in [-0.4, -0.2) is 20.1 Å². The van der Waals surface area contributed by atoms with Crippen LogP contribution in [0.25, 0.3) is 0 Å². The summed E-state index contributed by atoms with van der Waals surface area (Å²) in [4.78, 5) is 2.51. The summed E-state index contributed by atoms with van der Waals surface area (Å²) in [6.45, 7) is 4.61. The monoisotopic (exact) mass is 338 g/mol. The molecule has 20 heavy (non-hydrogen) atoms. The Bertz CT molecular complexity index is 447. The molecule has 0 amide bonds. The lowest BCUT2D eigenvalue weighted by atomic mass is 9.86. The zero-order valence-electron chi connectivity index (χ0n) is 13.1. The number of nitrogens with one attached hydrogen (secondary N) is 1. The van der Waals surface area contributed by atoms with Crippen LogP contribution in [0.2, 0.25) is 0 Å². The van der Waals surface area contributed by atoms with Gasteiger partial charge < -0.3 is 10.2 Å². The topological polar surface area (TPSA) is 15.3 Å². The van der Waals surface area contributed by atoms with Crippen LogP contribution in [0.1, 0.15) is 51.1 Å². The van der Waals surface area contributed by atoms with Gasteiger partial charge in [0.05, 0.1) is 0 Å². The van der Waals surface area contributed by atoms with Crippen molar-refractivity contribution in [3.8, 4) is 0 Å². The van der Waals surface area contributed by atoms with Gasteiger partial charge in [-0.1, -0.05) is 35.7 Å². The molecule has 0 aliphatic heterocycles. The van der Waals surface area contributed by atoms with Crippen molar-refractivity contribution >= 4 is 21.6 Å². The van der Waals surface area contributed by atoms with Crippen LogP contribution in [0.5, 0.6) is 0 Å². The third kappa shape index (κ3) is 3.56. The number of hydrogen-bond donors (Lipinski definition) is 1. The summed E-state index contributed by atoms with van der Waals surface area (Å²) in [5.74, 6) is 0.858. The van der Waals surface area contributed by atoms with Crippen molar-refractivity contribution in [2.45, 2.75) is 51.6 Å². The lowest BCUT2D eigenvalue weighted by Gasteiger charge is -2.37. The van der Waals surface area contributed by atoms with Crippen LogP contribution in [0, 0.1) is 5.92 Å². The normalized spacial score (nSPS) is 24.4. The summed E-state index contributed by atoms with van der Waals surface area (Å²) in [6, 6.07) is 7.71. The molecule has 3 heteroatoms. The van der Waals surface area contributed by atoms with Gasteiger partial charge in [0.15, 0.2) is 0 Å². The maximum atomic E-state index is 3.60. The van der Waals surface area contributed by atoms with Crippen LogP contribution in [-0.2, 0) is 0 Å². The molecule has 0 heterocycles. The molecule has 3 atom stereocenters. The lowest BCUT2D eigenvalue weighted by Crippen LogP contribution is -2.36. The zero-order valence-corrected chi connectivity index (χ0v) is 14.7. The first-order valence-electron chi connectivity index (χ1n) is 7.72. The van der Waals surface area contributed by atoms with E-state index in [1.807, 2.05) is 7.05 Å². The molecule has 1 aliphatic rings. The highest BCUT2D eigenvalue weighted by Gasteiger charge is 2.24. The second-order valence-corrected chi connectivity index (χ2v) is 7.17. The standard InChI is InChI=1S/C17H27BrN2/c1-12-6-5-7-15(10-12)20(4)17-9-8-14(18)11-16(17)13(2)19-3/h8-9,11-13,15,19H,5-7,10H2,1-4H3. The SMILES string of the molecule is CNC(C)c1cc(Br)ccc1N(C)C1CCCC(C)C1. The molecule has 1 aromatic rings. The van der Waals surface area contributed by atoms with Gasteiger partial charge in [0, 0.05) is 29.3 Å². The first-order chi connectivity index (χ1) is 9.52. The molecule has 2 rings (SSSR count). The van der Waals surface area contributed by atoms with E-state index in [1.165, 1.54) is 36.9 Å². The van der Waals surface area contributed by atoms with E-state index in [1.54, 1.807) is 0 Å². The molecule has 0 bridgehead atoms. The fraction of sp³-hybridized carbons (Fsp3) is 0.647. The van der Waals surface area contributed by atoms with Crippen LogP contribution in [0.15, 0.2) is 22.7 Å². The first-order valence-corrected chi connectivity index (χ1v) is 8.51. The molecule has 3 unspecified atom stereocenters.